The van der Waals surface area contributed by atoms with E-state index in [-0.39, 0.29) is 35.6 Å². The summed E-state index contributed by atoms with van der Waals surface area (Å²) in [4.78, 5) is 12.7. The molecule has 36 heavy (non-hydrogen) atoms. The van der Waals surface area contributed by atoms with Gasteiger partial charge in [-0.3, -0.25) is 9.10 Å². The number of nitrogens with zero attached hydrogens (tertiary/aromatic N) is 1. The zero-order chi connectivity index (χ0) is 25.7. The Hall–Kier alpha value is -3.79. The van der Waals surface area contributed by atoms with Gasteiger partial charge >= 0.3 is 0 Å². The number of halogens is 1. The molecule has 0 spiro atoms. The van der Waals surface area contributed by atoms with E-state index in [1.165, 1.54) is 36.4 Å². The number of hydrogen-bond acceptors (Lipinski definition) is 6. The number of benzene rings is 3. The number of rotatable bonds is 9. The van der Waals surface area contributed by atoms with E-state index in [9.17, 15) is 17.6 Å². The Balaban J connectivity index is 1.53. The van der Waals surface area contributed by atoms with Crippen LogP contribution in [0.2, 0.25) is 0 Å². The standard InChI is InChI=1S/C26H27FN2O6S/c1-18(2)35-22-8-6-19(7-9-22)16-28-26(30)17-29(21-5-3-4-20(27)14-21)36(31,32)23-10-11-24-25(15-23)34-13-12-33-24/h3-11,14-15,18H,12-13,16-17H2,1-2H3,(H,28,30). The number of hydrogen-bond donors (Lipinski definition) is 1. The second-order valence-corrected chi connectivity index (χ2v) is 10.2. The molecule has 0 saturated carbocycles. The maximum Gasteiger partial charge on any atom is 0.264 e. The van der Waals surface area contributed by atoms with Gasteiger partial charge in [0.05, 0.1) is 16.7 Å². The number of carbonyl (C=O) groups excluding carboxylic acids is 1. The number of fused-ring (bicyclic) bond motifs is 1. The summed E-state index contributed by atoms with van der Waals surface area (Å²) in [7, 11) is -4.25. The van der Waals surface area contributed by atoms with E-state index in [2.05, 4.69) is 5.32 Å². The van der Waals surface area contributed by atoms with Gasteiger partial charge in [0.2, 0.25) is 5.91 Å². The number of ether oxygens (including phenoxy) is 3. The second kappa shape index (κ2) is 10.9. The average Bonchev–Trinajstić information content (AvgIpc) is 2.86. The smallest absolute Gasteiger partial charge is 0.264 e. The van der Waals surface area contributed by atoms with Crippen LogP contribution in [0.1, 0.15) is 19.4 Å². The lowest BCUT2D eigenvalue weighted by Crippen LogP contribution is -2.40. The molecule has 0 aliphatic carbocycles. The molecule has 3 aromatic rings. The Bertz CT molecular complexity index is 1330. The van der Waals surface area contributed by atoms with E-state index in [0.717, 1.165) is 15.9 Å². The summed E-state index contributed by atoms with van der Waals surface area (Å²) in [6, 6.07) is 16.5. The van der Waals surface area contributed by atoms with Crippen LogP contribution in [0.25, 0.3) is 0 Å². The summed E-state index contributed by atoms with van der Waals surface area (Å²) >= 11 is 0. The van der Waals surface area contributed by atoms with Crippen LogP contribution in [-0.2, 0) is 21.4 Å². The lowest BCUT2D eigenvalue weighted by molar-refractivity contribution is -0.119. The molecule has 0 aromatic heterocycles. The maximum atomic E-state index is 14.0. The molecule has 0 atom stereocenters. The molecule has 190 valence electrons. The number of sulfonamides is 1. The van der Waals surface area contributed by atoms with Crippen LogP contribution < -0.4 is 23.8 Å². The molecular weight excluding hydrogens is 487 g/mol. The van der Waals surface area contributed by atoms with Gasteiger partial charge in [-0.2, -0.15) is 0 Å². The van der Waals surface area contributed by atoms with Gasteiger partial charge in [0, 0.05) is 12.6 Å². The first-order chi connectivity index (χ1) is 17.2. The highest BCUT2D eigenvalue weighted by atomic mass is 32.2. The van der Waals surface area contributed by atoms with Crippen molar-refractivity contribution in [3.8, 4) is 17.2 Å². The van der Waals surface area contributed by atoms with Gasteiger partial charge < -0.3 is 19.5 Å². The van der Waals surface area contributed by atoms with Gasteiger partial charge in [-0.1, -0.05) is 18.2 Å². The highest BCUT2D eigenvalue weighted by Gasteiger charge is 2.29. The minimum atomic E-state index is -4.25. The quantitative estimate of drug-likeness (QED) is 0.466. The normalized spacial score (nSPS) is 12.8. The predicted octanol–water partition coefficient (Wildman–Crippen LogP) is 3.90. The van der Waals surface area contributed by atoms with E-state index in [1.807, 2.05) is 26.0 Å². The van der Waals surface area contributed by atoms with E-state index in [4.69, 9.17) is 14.2 Å². The molecular formula is C26H27FN2O6S. The zero-order valence-electron chi connectivity index (χ0n) is 19.9. The van der Waals surface area contributed by atoms with Gasteiger partial charge in [0.15, 0.2) is 11.5 Å². The van der Waals surface area contributed by atoms with Crippen LogP contribution in [0, 0.1) is 5.82 Å². The minimum absolute atomic E-state index is 0.0234. The maximum absolute atomic E-state index is 14.0. The molecule has 8 nitrogen and oxygen atoms in total. The number of amides is 1. The van der Waals surface area contributed by atoms with E-state index >= 15 is 0 Å². The fraction of sp³-hybridized carbons (Fsp3) is 0.269. The first-order valence-corrected chi connectivity index (χ1v) is 12.9. The molecule has 0 bridgehead atoms. The summed E-state index contributed by atoms with van der Waals surface area (Å²) in [5.74, 6) is 0.251. The molecule has 1 aliphatic heterocycles. The fourth-order valence-electron chi connectivity index (χ4n) is 3.60. The molecule has 4 rings (SSSR count). The Kier molecular flexibility index (Phi) is 7.64. The van der Waals surface area contributed by atoms with Gasteiger partial charge in [-0.15, -0.1) is 0 Å². The van der Waals surface area contributed by atoms with Gasteiger partial charge in [-0.25, -0.2) is 12.8 Å². The Morgan fingerprint density at radius 1 is 1.03 bits per heavy atom. The Morgan fingerprint density at radius 3 is 2.44 bits per heavy atom. The van der Waals surface area contributed by atoms with Crippen molar-refractivity contribution in [2.45, 2.75) is 31.4 Å². The van der Waals surface area contributed by atoms with Crippen molar-refractivity contribution in [2.75, 3.05) is 24.1 Å². The molecule has 0 radical (unpaired) electrons. The fourth-order valence-corrected chi connectivity index (χ4v) is 5.03. The van der Waals surface area contributed by atoms with Gasteiger partial charge in [0.25, 0.3) is 10.0 Å². The molecule has 3 aromatic carbocycles. The first-order valence-electron chi connectivity index (χ1n) is 11.4. The summed E-state index contributed by atoms with van der Waals surface area (Å²) in [5, 5.41) is 2.72. The monoisotopic (exact) mass is 514 g/mol. The molecule has 1 aliphatic rings. The molecule has 1 heterocycles. The minimum Gasteiger partial charge on any atom is -0.491 e. The van der Waals surface area contributed by atoms with Crippen LogP contribution in [0.5, 0.6) is 17.2 Å². The SMILES string of the molecule is CC(C)Oc1ccc(CNC(=O)CN(c2cccc(F)c2)S(=O)(=O)c2ccc3c(c2)OCCO3)cc1. The summed E-state index contributed by atoms with van der Waals surface area (Å²) < 4.78 is 58.6. The van der Waals surface area contributed by atoms with Crippen LogP contribution in [0.15, 0.2) is 71.6 Å². The van der Waals surface area contributed by atoms with E-state index in [1.54, 1.807) is 12.1 Å². The van der Waals surface area contributed by atoms with Crippen molar-refractivity contribution in [1.29, 1.82) is 0 Å². The van der Waals surface area contributed by atoms with E-state index < -0.39 is 28.3 Å². The predicted molar refractivity (Wildman–Crippen MR) is 132 cm³/mol. The van der Waals surface area contributed by atoms with Crippen LogP contribution in [0.3, 0.4) is 0 Å². The number of nitrogens with one attached hydrogen (secondary N) is 1. The van der Waals surface area contributed by atoms with Gasteiger partial charge in [-0.05, 0) is 61.9 Å². The molecule has 0 unspecified atom stereocenters. The first kappa shape index (κ1) is 25.3. The summed E-state index contributed by atoms with van der Waals surface area (Å²) in [6.07, 6.45) is 0.0421. The summed E-state index contributed by atoms with van der Waals surface area (Å²) in [6.45, 7) is 4.14. The lowest BCUT2D eigenvalue weighted by Gasteiger charge is -2.25. The largest absolute Gasteiger partial charge is 0.491 e. The highest BCUT2D eigenvalue weighted by molar-refractivity contribution is 7.92. The zero-order valence-corrected chi connectivity index (χ0v) is 20.8. The van der Waals surface area contributed by atoms with Crippen molar-refractivity contribution >= 4 is 21.6 Å². The Morgan fingerprint density at radius 2 is 1.75 bits per heavy atom. The van der Waals surface area contributed by atoms with Crippen LogP contribution in [-0.4, -0.2) is 40.2 Å². The second-order valence-electron chi connectivity index (χ2n) is 8.38. The lowest BCUT2D eigenvalue weighted by atomic mass is 10.2. The van der Waals surface area contributed by atoms with Gasteiger partial charge in [0.1, 0.15) is 31.3 Å². The molecule has 0 saturated heterocycles. The van der Waals surface area contributed by atoms with Crippen molar-refractivity contribution in [3.63, 3.8) is 0 Å². The number of carbonyl (C=O) groups is 1. The highest BCUT2D eigenvalue weighted by Crippen LogP contribution is 2.34. The number of anilines is 1. The van der Waals surface area contributed by atoms with Crippen molar-refractivity contribution < 1.29 is 31.8 Å². The average molecular weight is 515 g/mol. The molecule has 10 heteroatoms. The van der Waals surface area contributed by atoms with Crippen LogP contribution >= 0.6 is 0 Å². The third-order valence-electron chi connectivity index (χ3n) is 5.27. The van der Waals surface area contributed by atoms with Crippen molar-refractivity contribution in [1.82, 2.24) is 5.32 Å². The van der Waals surface area contributed by atoms with Crippen molar-refractivity contribution in [2.24, 2.45) is 0 Å². The summed E-state index contributed by atoms with van der Waals surface area (Å²) in [5.41, 5.74) is 0.835. The topological polar surface area (TPSA) is 94.2 Å². The van der Waals surface area contributed by atoms with Crippen molar-refractivity contribution in [3.05, 3.63) is 78.1 Å². The molecule has 1 N–H and O–H groups in total. The third kappa shape index (κ3) is 6.06. The third-order valence-corrected chi connectivity index (χ3v) is 7.04. The van der Waals surface area contributed by atoms with Crippen LogP contribution in [0.4, 0.5) is 10.1 Å². The Labute approximate surface area is 209 Å². The molecule has 0 fully saturated rings. The van der Waals surface area contributed by atoms with E-state index in [0.29, 0.717) is 18.1 Å². The molecule has 1 amide bonds.